The summed E-state index contributed by atoms with van der Waals surface area (Å²) in [7, 11) is 0. The lowest BCUT2D eigenvalue weighted by Crippen LogP contribution is -2.45. The highest BCUT2D eigenvalue weighted by Crippen LogP contribution is 2.41. The summed E-state index contributed by atoms with van der Waals surface area (Å²) in [5.41, 5.74) is 0.960. The van der Waals surface area contributed by atoms with Crippen molar-refractivity contribution in [3.63, 3.8) is 0 Å². The fourth-order valence-electron chi connectivity index (χ4n) is 2.80. The van der Waals surface area contributed by atoms with Crippen molar-refractivity contribution in [1.82, 2.24) is 9.80 Å². The number of carbonyl (C=O) groups is 2. The quantitative estimate of drug-likeness (QED) is 0.766. The Balaban J connectivity index is 2.12. The minimum absolute atomic E-state index is 0.0459. The van der Waals surface area contributed by atoms with Crippen LogP contribution in [0.25, 0.3) is 0 Å². The predicted molar refractivity (Wildman–Crippen MR) is 100 cm³/mol. The van der Waals surface area contributed by atoms with Gasteiger partial charge in [-0.15, -0.1) is 11.8 Å². The Kier molecular flexibility index (Phi) is 6.58. The number of carbonyl (C=O) groups excluding carboxylic acids is 2. The Morgan fingerprint density at radius 1 is 1.33 bits per heavy atom. The second-order valence-electron chi connectivity index (χ2n) is 6.55. The number of hydrogen-bond donors (Lipinski definition) is 0. The Bertz CT molecular complexity index is 606. The van der Waals surface area contributed by atoms with Crippen LogP contribution in [0.5, 0.6) is 0 Å². The highest BCUT2D eigenvalue weighted by atomic mass is 35.5. The van der Waals surface area contributed by atoms with E-state index in [2.05, 4.69) is 0 Å². The van der Waals surface area contributed by atoms with E-state index in [9.17, 15) is 9.59 Å². The van der Waals surface area contributed by atoms with E-state index >= 15 is 0 Å². The lowest BCUT2D eigenvalue weighted by Gasteiger charge is -2.32. The smallest absolute Gasteiger partial charge is 0.233 e. The first-order chi connectivity index (χ1) is 11.3. The third kappa shape index (κ3) is 4.25. The fraction of sp³-hybridized carbons (Fsp3) is 0.556. The first-order valence-electron chi connectivity index (χ1n) is 8.29. The second kappa shape index (κ2) is 8.26. The van der Waals surface area contributed by atoms with Crippen LogP contribution < -0.4 is 0 Å². The Morgan fingerprint density at radius 2 is 2.00 bits per heavy atom. The van der Waals surface area contributed by atoms with Crippen molar-refractivity contribution in [2.75, 3.05) is 18.8 Å². The molecule has 1 heterocycles. The van der Waals surface area contributed by atoms with Gasteiger partial charge in [-0.1, -0.05) is 43.6 Å². The van der Waals surface area contributed by atoms with Gasteiger partial charge in [0.25, 0.3) is 0 Å². The Labute approximate surface area is 153 Å². The van der Waals surface area contributed by atoms with E-state index in [0.29, 0.717) is 23.9 Å². The van der Waals surface area contributed by atoms with E-state index < -0.39 is 0 Å². The summed E-state index contributed by atoms with van der Waals surface area (Å²) in [6, 6.07) is 7.75. The van der Waals surface area contributed by atoms with Gasteiger partial charge in [0.1, 0.15) is 5.37 Å². The summed E-state index contributed by atoms with van der Waals surface area (Å²) < 4.78 is 0. The third-order valence-electron chi connectivity index (χ3n) is 4.12. The summed E-state index contributed by atoms with van der Waals surface area (Å²) in [5.74, 6) is 0.634. The molecular formula is C18H25ClN2O2S. The molecule has 1 saturated heterocycles. The molecule has 1 aromatic carbocycles. The van der Waals surface area contributed by atoms with E-state index in [0.717, 1.165) is 5.56 Å². The molecule has 1 aliphatic rings. The molecular weight excluding hydrogens is 344 g/mol. The molecule has 0 spiro atoms. The summed E-state index contributed by atoms with van der Waals surface area (Å²) in [6.45, 7) is 8.89. The third-order valence-corrected chi connectivity index (χ3v) is 5.70. The van der Waals surface area contributed by atoms with Crippen LogP contribution >= 0.6 is 23.4 Å². The fourth-order valence-corrected chi connectivity index (χ4v) is 4.36. The first-order valence-corrected chi connectivity index (χ1v) is 9.71. The predicted octanol–water partition coefficient (Wildman–Crippen LogP) is 3.81. The van der Waals surface area contributed by atoms with Gasteiger partial charge in [-0.05, 0) is 19.9 Å². The summed E-state index contributed by atoms with van der Waals surface area (Å²) in [6.07, 6.45) is 0. The summed E-state index contributed by atoms with van der Waals surface area (Å²) in [5, 5.41) is 0.600. The van der Waals surface area contributed by atoms with Crippen LogP contribution in [-0.2, 0) is 9.59 Å². The molecule has 2 amide bonds. The molecule has 0 unspecified atom stereocenters. The minimum Gasteiger partial charge on any atom is -0.338 e. The van der Waals surface area contributed by atoms with Gasteiger partial charge in [0.2, 0.25) is 11.8 Å². The molecule has 0 aliphatic carbocycles. The van der Waals surface area contributed by atoms with E-state index in [1.807, 2.05) is 61.8 Å². The van der Waals surface area contributed by atoms with Gasteiger partial charge in [-0.3, -0.25) is 9.59 Å². The largest absolute Gasteiger partial charge is 0.338 e. The minimum atomic E-state index is -0.0747. The molecule has 4 nitrogen and oxygen atoms in total. The molecule has 0 radical (unpaired) electrons. The van der Waals surface area contributed by atoms with Gasteiger partial charge < -0.3 is 9.80 Å². The number of halogens is 1. The van der Waals surface area contributed by atoms with Crippen molar-refractivity contribution in [1.29, 1.82) is 0 Å². The van der Waals surface area contributed by atoms with Gasteiger partial charge in [0, 0.05) is 35.6 Å². The molecule has 0 aromatic heterocycles. The number of benzene rings is 1. The molecule has 1 atom stereocenters. The Hall–Kier alpha value is -1.20. The highest BCUT2D eigenvalue weighted by Gasteiger charge is 2.34. The van der Waals surface area contributed by atoms with Gasteiger partial charge in [0.05, 0.1) is 5.75 Å². The molecule has 0 saturated carbocycles. The van der Waals surface area contributed by atoms with Gasteiger partial charge in [-0.25, -0.2) is 0 Å². The van der Waals surface area contributed by atoms with Crippen LogP contribution in [0.4, 0.5) is 0 Å². The number of amides is 2. The summed E-state index contributed by atoms with van der Waals surface area (Å²) in [4.78, 5) is 28.4. The molecule has 2 rings (SSSR count). The number of hydrogen-bond acceptors (Lipinski definition) is 3. The van der Waals surface area contributed by atoms with Crippen molar-refractivity contribution in [3.05, 3.63) is 34.9 Å². The van der Waals surface area contributed by atoms with E-state index in [4.69, 9.17) is 11.6 Å². The van der Waals surface area contributed by atoms with Crippen LogP contribution in [0.2, 0.25) is 5.02 Å². The maximum Gasteiger partial charge on any atom is 0.233 e. The van der Waals surface area contributed by atoms with Gasteiger partial charge in [-0.2, -0.15) is 0 Å². The van der Waals surface area contributed by atoms with Crippen molar-refractivity contribution < 1.29 is 9.59 Å². The topological polar surface area (TPSA) is 40.6 Å². The van der Waals surface area contributed by atoms with Crippen molar-refractivity contribution in [2.45, 2.75) is 39.1 Å². The molecule has 1 aromatic rings. The van der Waals surface area contributed by atoms with Crippen LogP contribution in [0.3, 0.4) is 0 Å². The van der Waals surface area contributed by atoms with E-state index in [1.165, 1.54) is 0 Å². The highest BCUT2D eigenvalue weighted by molar-refractivity contribution is 8.00. The van der Waals surface area contributed by atoms with Crippen LogP contribution in [-0.4, -0.2) is 46.5 Å². The zero-order valence-electron chi connectivity index (χ0n) is 14.7. The van der Waals surface area contributed by atoms with E-state index in [-0.39, 0.29) is 29.1 Å². The van der Waals surface area contributed by atoms with Crippen molar-refractivity contribution in [2.24, 2.45) is 5.92 Å². The maximum atomic E-state index is 12.4. The zero-order chi connectivity index (χ0) is 17.9. The molecule has 0 bridgehead atoms. The lowest BCUT2D eigenvalue weighted by atomic mass is 10.1. The SMILES string of the molecule is CC(C)C(=O)N(CCN1C(=O)CS[C@H]1c1ccccc1Cl)C(C)C. The van der Waals surface area contributed by atoms with Gasteiger partial charge in [0.15, 0.2) is 0 Å². The average Bonchev–Trinajstić information content (AvgIpc) is 2.88. The molecule has 24 heavy (non-hydrogen) atoms. The molecule has 1 fully saturated rings. The number of nitrogens with zero attached hydrogens (tertiary/aromatic N) is 2. The maximum absolute atomic E-state index is 12.4. The molecule has 1 aliphatic heterocycles. The van der Waals surface area contributed by atoms with Crippen molar-refractivity contribution >= 4 is 35.2 Å². The lowest BCUT2D eigenvalue weighted by molar-refractivity contribution is -0.138. The average molecular weight is 369 g/mol. The molecule has 132 valence electrons. The monoisotopic (exact) mass is 368 g/mol. The molecule has 6 heteroatoms. The van der Waals surface area contributed by atoms with E-state index in [1.54, 1.807) is 11.8 Å². The standard InChI is InChI=1S/C18H25ClN2O2S/c1-12(2)17(23)20(13(3)4)9-10-21-16(22)11-24-18(21)14-7-5-6-8-15(14)19/h5-8,12-13,18H,9-11H2,1-4H3/t18-/m0/s1. The van der Waals surface area contributed by atoms with Crippen LogP contribution in [0, 0.1) is 5.92 Å². The summed E-state index contributed by atoms with van der Waals surface area (Å²) >= 11 is 7.90. The molecule has 0 N–H and O–H groups in total. The van der Waals surface area contributed by atoms with Gasteiger partial charge >= 0.3 is 0 Å². The number of thioether (sulfide) groups is 1. The first kappa shape index (κ1) is 19.1. The van der Waals surface area contributed by atoms with Crippen LogP contribution in [0.15, 0.2) is 24.3 Å². The van der Waals surface area contributed by atoms with Crippen molar-refractivity contribution in [3.8, 4) is 0 Å². The Morgan fingerprint density at radius 3 is 2.58 bits per heavy atom. The zero-order valence-corrected chi connectivity index (χ0v) is 16.2. The number of rotatable bonds is 6. The normalized spacial score (nSPS) is 17.9. The second-order valence-corrected chi connectivity index (χ2v) is 8.03. The van der Waals surface area contributed by atoms with Crippen LogP contribution in [0.1, 0.15) is 38.6 Å².